The third kappa shape index (κ3) is 3.62. The van der Waals surface area contributed by atoms with Gasteiger partial charge in [-0.3, -0.25) is 11.3 Å². The van der Waals surface area contributed by atoms with E-state index in [0.29, 0.717) is 17.9 Å². The molecular weight excluding hydrogens is 244 g/mol. The van der Waals surface area contributed by atoms with Gasteiger partial charge in [-0.25, -0.2) is 0 Å². The number of hydrazine groups is 1. The molecule has 2 unspecified atom stereocenters. The lowest BCUT2D eigenvalue weighted by molar-refractivity contribution is -0.108. The minimum Gasteiger partial charge on any atom is -0.375 e. The van der Waals surface area contributed by atoms with Gasteiger partial charge in [-0.1, -0.05) is 13.8 Å². The van der Waals surface area contributed by atoms with Gasteiger partial charge in [-0.05, 0) is 55.4 Å². The van der Waals surface area contributed by atoms with Crippen molar-refractivity contribution in [1.29, 1.82) is 0 Å². The van der Waals surface area contributed by atoms with Crippen molar-refractivity contribution in [1.82, 2.24) is 5.43 Å². The fourth-order valence-corrected chi connectivity index (χ4v) is 4.64. The highest BCUT2D eigenvalue weighted by Gasteiger charge is 2.40. The van der Waals surface area contributed by atoms with Crippen LogP contribution in [-0.2, 0) is 4.74 Å². The third-order valence-electron chi connectivity index (χ3n) is 4.44. The van der Waals surface area contributed by atoms with Crippen LogP contribution in [0.4, 0.5) is 0 Å². The molecule has 2 aliphatic rings. The smallest absolute Gasteiger partial charge is 0.0701 e. The molecule has 0 radical (unpaired) electrons. The van der Waals surface area contributed by atoms with Crippen molar-refractivity contribution in [3.05, 3.63) is 0 Å². The Kier molecular flexibility index (Phi) is 5.36. The highest BCUT2D eigenvalue weighted by Crippen LogP contribution is 2.41. The van der Waals surface area contributed by atoms with Crippen molar-refractivity contribution in [3.63, 3.8) is 0 Å². The SMILES string of the molecule is CC(C)CC(NN)C1CCOC2(CCSCC2)C1. The number of nitrogens with one attached hydrogen (secondary N) is 1. The quantitative estimate of drug-likeness (QED) is 0.610. The summed E-state index contributed by atoms with van der Waals surface area (Å²) < 4.78 is 6.15. The lowest BCUT2D eigenvalue weighted by Gasteiger charge is -2.45. The minimum absolute atomic E-state index is 0.181. The molecule has 2 fully saturated rings. The zero-order valence-corrected chi connectivity index (χ0v) is 12.6. The van der Waals surface area contributed by atoms with Crippen LogP contribution >= 0.6 is 11.8 Å². The highest BCUT2D eigenvalue weighted by atomic mass is 32.2. The maximum absolute atomic E-state index is 6.15. The Hall–Kier alpha value is 0.230. The minimum atomic E-state index is 0.181. The average Bonchev–Trinajstić information content (AvgIpc) is 2.36. The van der Waals surface area contributed by atoms with Gasteiger partial charge >= 0.3 is 0 Å². The molecule has 2 heterocycles. The van der Waals surface area contributed by atoms with Crippen LogP contribution in [0.15, 0.2) is 0 Å². The molecule has 3 N–H and O–H groups in total. The molecule has 18 heavy (non-hydrogen) atoms. The molecule has 4 heteroatoms. The molecule has 0 aromatic carbocycles. The van der Waals surface area contributed by atoms with Crippen molar-refractivity contribution in [2.24, 2.45) is 17.7 Å². The number of hydrogen-bond donors (Lipinski definition) is 2. The zero-order chi connectivity index (χ0) is 13.0. The Morgan fingerprint density at radius 2 is 2.11 bits per heavy atom. The largest absolute Gasteiger partial charge is 0.375 e. The van der Waals surface area contributed by atoms with Crippen LogP contribution in [0.3, 0.4) is 0 Å². The van der Waals surface area contributed by atoms with Gasteiger partial charge in [0.25, 0.3) is 0 Å². The van der Waals surface area contributed by atoms with Crippen LogP contribution in [0.2, 0.25) is 0 Å². The molecule has 2 rings (SSSR count). The van der Waals surface area contributed by atoms with E-state index in [4.69, 9.17) is 10.6 Å². The van der Waals surface area contributed by atoms with E-state index >= 15 is 0 Å². The molecule has 106 valence electrons. The maximum atomic E-state index is 6.15. The summed E-state index contributed by atoms with van der Waals surface area (Å²) in [6.45, 7) is 5.47. The van der Waals surface area contributed by atoms with Gasteiger partial charge < -0.3 is 4.74 Å². The first-order valence-corrected chi connectivity index (χ1v) is 8.48. The molecular formula is C14H28N2OS. The fourth-order valence-electron chi connectivity index (χ4n) is 3.41. The van der Waals surface area contributed by atoms with Gasteiger partial charge in [0.15, 0.2) is 0 Å². The van der Waals surface area contributed by atoms with Crippen molar-refractivity contribution in [2.75, 3.05) is 18.1 Å². The van der Waals surface area contributed by atoms with Crippen molar-refractivity contribution in [2.45, 2.75) is 57.6 Å². The second-order valence-corrected chi connectivity index (χ2v) is 7.52. The predicted molar refractivity (Wildman–Crippen MR) is 78.5 cm³/mol. The summed E-state index contributed by atoms with van der Waals surface area (Å²) in [5.41, 5.74) is 3.25. The lowest BCUT2D eigenvalue weighted by atomic mass is 9.77. The Balaban J connectivity index is 1.96. The summed E-state index contributed by atoms with van der Waals surface area (Å²) in [5.74, 6) is 9.69. The summed E-state index contributed by atoms with van der Waals surface area (Å²) in [4.78, 5) is 0. The molecule has 0 aromatic rings. The molecule has 2 aliphatic heterocycles. The number of nitrogens with two attached hydrogens (primary N) is 1. The van der Waals surface area contributed by atoms with E-state index in [9.17, 15) is 0 Å². The van der Waals surface area contributed by atoms with Crippen LogP contribution in [-0.4, -0.2) is 29.8 Å². The second kappa shape index (κ2) is 6.60. The van der Waals surface area contributed by atoms with E-state index in [1.165, 1.54) is 37.2 Å². The van der Waals surface area contributed by atoms with E-state index < -0.39 is 0 Å². The summed E-state index contributed by atoms with van der Waals surface area (Å²) in [7, 11) is 0. The zero-order valence-electron chi connectivity index (χ0n) is 11.8. The molecule has 0 bridgehead atoms. The third-order valence-corrected chi connectivity index (χ3v) is 5.43. The van der Waals surface area contributed by atoms with Gasteiger partial charge in [0.2, 0.25) is 0 Å². The molecule has 1 spiro atoms. The number of ether oxygens (including phenoxy) is 1. The fraction of sp³-hybridized carbons (Fsp3) is 1.00. The number of rotatable bonds is 4. The van der Waals surface area contributed by atoms with E-state index in [2.05, 4.69) is 31.0 Å². The molecule has 3 nitrogen and oxygen atoms in total. The first-order valence-electron chi connectivity index (χ1n) is 7.33. The topological polar surface area (TPSA) is 47.3 Å². The molecule has 0 amide bonds. The second-order valence-electron chi connectivity index (χ2n) is 6.30. The summed E-state index contributed by atoms with van der Waals surface area (Å²) in [5, 5.41) is 0. The van der Waals surface area contributed by atoms with Crippen LogP contribution in [0.1, 0.15) is 46.0 Å². The first kappa shape index (κ1) is 14.6. The Morgan fingerprint density at radius 3 is 2.72 bits per heavy atom. The first-order chi connectivity index (χ1) is 8.65. The lowest BCUT2D eigenvalue weighted by Crippen LogP contribution is -2.50. The molecule has 0 aliphatic carbocycles. The van der Waals surface area contributed by atoms with Crippen molar-refractivity contribution >= 4 is 11.8 Å². The van der Waals surface area contributed by atoms with Gasteiger partial charge in [-0.15, -0.1) is 0 Å². The van der Waals surface area contributed by atoms with Crippen LogP contribution in [0.25, 0.3) is 0 Å². The van der Waals surface area contributed by atoms with Crippen LogP contribution < -0.4 is 11.3 Å². The van der Waals surface area contributed by atoms with Crippen molar-refractivity contribution < 1.29 is 4.74 Å². The van der Waals surface area contributed by atoms with Crippen LogP contribution in [0, 0.1) is 11.8 Å². The number of thioether (sulfide) groups is 1. The monoisotopic (exact) mass is 272 g/mol. The van der Waals surface area contributed by atoms with E-state index in [-0.39, 0.29) is 5.60 Å². The van der Waals surface area contributed by atoms with E-state index in [1.54, 1.807) is 0 Å². The summed E-state index contributed by atoms with van der Waals surface area (Å²) >= 11 is 2.07. The maximum Gasteiger partial charge on any atom is 0.0701 e. The van der Waals surface area contributed by atoms with Crippen molar-refractivity contribution in [3.8, 4) is 0 Å². The predicted octanol–water partition coefficient (Wildman–Crippen LogP) is 2.56. The summed E-state index contributed by atoms with van der Waals surface area (Å²) in [6.07, 6.45) is 6.00. The Morgan fingerprint density at radius 1 is 1.39 bits per heavy atom. The van der Waals surface area contributed by atoms with E-state index in [1.807, 2.05) is 0 Å². The molecule has 2 saturated heterocycles. The number of hydrogen-bond acceptors (Lipinski definition) is 4. The molecule has 0 aromatic heterocycles. The Bertz CT molecular complexity index is 249. The van der Waals surface area contributed by atoms with Gasteiger partial charge in [0.05, 0.1) is 5.60 Å². The normalized spacial score (nSPS) is 29.7. The highest BCUT2D eigenvalue weighted by molar-refractivity contribution is 7.99. The van der Waals surface area contributed by atoms with Gasteiger partial charge in [0.1, 0.15) is 0 Å². The van der Waals surface area contributed by atoms with E-state index in [0.717, 1.165) is 13.0 Å². The van der Waals surface area contributed by atoms with Crippen LogP contribution in [0.5, 0.6) is 0 Å². The molecule has 2 atom stereocenters. The summed E-state index contributed by atoms with van der Waals surface area (Å²) in [6, 6.07) is 0.459. The van der Waals surface area contributed by atoms with Gasteiger partial charge in [-0.2, -0.15) is 11.8 Å². The average molecular weight is 272 g/mol. The molecule has 0 saturated carbocycles. The Labute approximate surface area is 116 Å². The standard InChI is InChI=1S/C14H28N2OS/c1-11(2)9-13(16-15)12-3-6-17-14(10-12)4-7-18-8-5-14/h11-13,16H,3-10,15H2,1-2H3. The van der Waals surface area contributed by atoms with Gasteiger partial charge in [0, 0.05) is 12.6 Å².